The van der Waals surface area contributed by atoms with Gasteiger partial charge in [0.1, 0.15) is 0 Å². The van der Waals surface area contributed by atoms with Gasteiger partial charge in [0.05, 0.1) is 0 Å². The fraction of sp³-hybridized carbons (Fsp3) is 0.111. The number of nitrogens with zero attached hydrogens (tertiary/aromatic N) is 1. The van der Waals surface area contributed by atoms with E-state index in [-0.39, 0.29) is 40.0 Å². The molecule has 0 atom stereocenters. The predicted molar refractivity (Wildman–Crippen MR) is 47.5 cm³/mol. The summed E-state index contributed by atoms with van der Waals surface area (Å²) in [6.07, 6.45) is 3.09. The van der Waals surface area contributed by atoms with Gasteiger partial charge in [0, 0.05) is 0 Å². The second-order valence-corrected chi connectivity index (χ2v) is 2.39. The molecule has 0 N–H and O–H groups in total. The fourth-order valence-electron chi connectivity index (χ4n) is 1.15. The molecule has 0 fully saturated rings. The van der Waals surface area contributed by atoms with E-state index in [1.54, 1.807) is 0 Å². The van der Waals surface area contributed by atoms with Crippen molar-refractivity contribution < 1.29 is 17.0 Å². The Balaban J connectivity index is 0.000000605. The van der Waals surface area contributed by atoms with Gasteiger partial charge >= 0.3 is 23.1 Å². The van der Waals surface area contributed by atoms with Gasteiger partial charge in [0.25, 0.3) is 0 Å². The van der Waals surface area contributed by atoms with E-state index in [2.05, 4.69) is 18.3 Å². The van der Waals surface area contributed by atoms with E-state index in [1.807, 2.05) is 29.8 Å². The van der Waals surface area contributed by atoms with Crippen LogP contribution >= 0.6 is 0 Å². The van der Waals surface area contributed by atoms with Crippen molar-refractivity contribution in [1.82, 2.24) is 4.57 Å². The van der Waals surface area contributed by atoms with Gasteiger partial charge in [-0.15, -0.1) is 23.8 Å². The van der Waals surface area contributed by atoms with E-state index in [1.165, 1.54) is 10.9 Å². The summed E-state index contributed by atoms with van der Waals surface area (Å²) in [5.41, 5.74) is 1.24. The second-order valence-electron chi connectivity index (χ2n) is 2.39. The topological polar surface area (TPSA) is 4.93 Å². The van der Waals surface area contributed by atoms with Crippen molar-refractivity contribution in [2.45, 2.75) is 0 Å². The number of aromatic nitrogens is 1. The molecule has 0 radical (unpaired) electrons. The van der Waals surface area contributed by atoms with E-state index < -0.39 is 0 Å². The molecule has 0 aliphatic carbocycles. The van der Waals surface area contributed by atoms with Crippen LogP contribution in [-0.4, -0.2) is 27.6 Å². The largest absolute Gasteiger partial charge is 2.00 e. The van der Waals surface area contributed by atoms with Gasteiger partial charge in [-0.25, -0.2) is 0 Å². The molecule has 0 spiro atoms. The minimum absolute atomic E-state index is 0. The molecular formula is C9H8BrMgN. The Morgan fingerprint density at radius 1 is 1.25 bits per heavy atom. The van der Waals surface area contributed by atoms with Crippen LogP contribution in [0.25, 0.3) is 10.9 Å². The first kappa shape index (κ1) is 12.0. The molecule has 12 heavy (non-hydrogen) atoms. The van der Waals surface area contributed by atoms with Crippen LogP contribution in [0.1, 0.15) is 0 Å². The first-order chi connectivity index (χ1) is 4.88. The molecule has 1 nitrogen and oxygen atoms in total. The molecule has 3 heteroatoms. The first-order valence-electron chi connectivity index (χ1n) is 3.30. The van der Waals surface area contributed by atoms with Crippen molar-refractivity contribution in [3.63, 3.8) is 0 Å². The van der Waals surface area contributed by atoms with E-state index >= 15 is 0 Å². The van der Waals surface area contributed by atoms with Crippen LogP contribution < -0.4 is 17.0 Å². The maximum atomic E-state index is 3.09. The summed E-state index contributed by atoms with van der Waals surface area (Å²) < 4.78 is 2.00. The van der Waals surface area contributed by atoms with Crippen LogP contribution in [0, 0.1) is 6.20 Å². The number of fused-ring (bicyclic) bond motifs is 1. The van der Waals surface area contributed by atoms with Crippen molar-refractivity contribution in [2.24, 2.45) is 7.05 Å². The number of rotatable bonds is 0. The average molecular weight is 234 g/mol. The number of hydrogen-bond acceptors (Lipinski definition) is 0. The molecule has 0 aliphatic heterocycles. The smallest absolute Gasteiger partial charge is 1.00 e. The number of benzene rings is 1. The van der Waals surface area contributed by atoms with E-state index in [0.29, 0.717) is 0 Å². The molecule has 2 aromatic rings. The zero-order chi connectivity index (χ0) is 6.97. The fourth-order valence-corrected chi connectivity index (χ4v) is 1.15. The Hall–Kier alpha value is 0.00623. The Bertz CT molecular complexity index is 356. The van der Waals surface area contributed by atoms with Crippen molar-refractivity contribution in [3.8, 4) is 0 Å². The number of aryl methyl sites for hydroxylation is 1. The van der Waals surface area contributed by atoms with Crippen LogP contribution in [0.2, 0.25) is 0 Å². The Morgan fingerprint density at radius 2 is 1.92 bits per heavy atom. The summed E-state index contributed by atoms with van der Waals surface area (Å²) >= 11 is 0. The summed E-state index contributed by atoms with van der Waals surface area (Å²) in [7, 11) is 2.00. The monoisotopic (exact) mass is 233 g/mol. The first-order valence-corrected chi connectivity index (χ1v) is 3.30. The van der Waals surface area contributed by atoms with Crippen molar-refractivity contribution in [2.75, 3.05) is 0 Å². The zero-order valence-electron chi connectivity index (χ0n) is 6.92. The zero-order valence-corrected chi connectivity index (χ0v) is 9.92. The molecule has 0 bridgehead atoms. The van der Waals surface area contributed by atoms with Gasteiger partial charge in [-0.2, -0.15) is 11.5 Å². The summed E-state index contributed by atoms with van der Waals surface area (Å²) in [5.74, 6) is 0. The maximum Gasteiger partial charge on any atom is 2.00 e. The molecule has 0 unspecified atom stereocenters. The van der Waals surface area contributed by atoms with Crippen LogP contribution in [-0.2, 0) is 7.05 Å². The number of halogens is 1. The van der Waals surface area contributed by atoms with Crippen molar-refractivity contribution in [1.29, 1.82) is 0 Å². The molecule has 2 rings (SSSR count). The summed E-state index contributed by atoms with van der Waals surface area (Å²) in [6, 6.07) is 10.2. The van der Waals surface area contributed by atoms with Gasteiger partial charge in [-0.1, -0.05) is 12.1 Å². The molecular weight excluding hydrogens is 226 g/mol. The quantitative estimate of drug-likeness (QED) is 0.390. The SMILES string of the molecule is Cn1[c-]cc2ccccc21.[Br-].[Mg+2]. The van der Waals surface area contributed by atoms with Crippen LogP contribution in [0.3, 0.4) is 0 Å². The average Bonchev–Trinajstić information content (AvgIpc) is 2.34. The third-order valence-corrected chi connectivity index (χ3v) is 1.71. The standard InChI is InChI=1S/C9H8N.BrH.Mg/c1-10-7-6-8-4-2-3-5-9(8)10;;/h2-6H,1H3;1H;/q-1;;+2/p-1. The maximum absolute atomic E-state index is 3.09. The van der Waals surface area contributed by atoms with Gasteiger partial charge in [-0.05, 0) is 7.05 Å². The molecule has 58 valence electrons. The molecule has 1 aromatic carbocycles. The van der Waals surface area contributed by atoms with Crippen molar-refractivity contribution >= 4 is 34.0 Å². The minimum atomic E-state index is 0. The molecule has 0 aliphatic rings. The van der Waals surface area contributed by atoms with Crippen LogP contribution in [0.15, 0.2) is 30.3 Å². The molecule has 0 amide bonds. The minimum Gasteiger partial charge on any atom is -1.00 e. The third-order valence-electron chi connectivity index (χ3n) is 1.71. The van der Waals surface area contributed by atoms with Gasteiger partial charge in [0.2, 0.25) is 0 Å². The van der Waals surface area contributed by atoms with Gasteiger partial charge in [0.15, 0.2) is 0 Å². The van der Waals surface area contributed by atoms with E-state index in [9.17, 15) is 0 Å². The van der Waals surface area contributed by atoms with Gasteiger partial charge < -0.3 is 21.5 Å². The molecule has 1 aromatic heterocycles. The summed E-state index contributed by atoms with van der Waals surface area (Å²) in [5, 5.41) is 1.25. The Kier molecular flexibility index (Phi) is 4.90. The predicted octanol–water partition coefficient (Wildman–Crippen LogP) is -1.40. The van der Waals surface area contributed by atoms with E-state index in [4.69, 9.17) is 0 Å². The summed E-state index contributed by atoms with van der Waals surface area (Å²) in [6.45, 7) is 0. The molecule has 1 heterocycles. The normalized spacial score (nSPS) is 8.75. The third kappa shape index (κ3) is 2.03. The number of hydrogen-bond donors (Lipinski definition) is 0. The second kappa shape index (κ2) is 4.89. The van der Waals surface area contributed by atoms with E-state index in [0.717, 1.165) is 0 Å². The Morgan fingerprint density at radius 3 is 2.58 bits per heavy atom. The Labute approximate surface area is 98.7 Å². The molecule has 0 saturated heterocycles. The summed E-state index contributed by atoms with van der Waals surface area (Å²) in [4.78, 5) is 0. The number of para-hydroxylation sites is 1. The van der Waals surface area contributed by atoms with Crippen molar-refractivity contribution in [3.05, 3.63) is 36.5 Å². The van der Waals surface area contributed by atoms with Gasteiger partial charge in [-0.3, -0.25) is 0 Å². The van der Waals surface area contributed by atoms with Crippen LogP contribution in [0.5, 0.6) is 0 Å². The van der Waals surface area contributed by atoms with Crippen LogP contribution in [0.4, 0.5) is 0 Å². The molecule has 0 saturated carbocycles.